The fourth-order valence-electron chi connectivity index (χ4n) is 2.06. The van der Waals surface area contributed by atoms with Crippen LogP contribution in [0.2, 0.25) is 10.0 Å². The van der Waals surface area contributed by atoms with E-state index >= 15 is 0 Å². The molecule has 5 nitrogen and oxygen atoms in total. The summed E-state index contributed by atoms with van der Waals surface area (Å²) in [5.74, 6) is -0.736. The number of halogens is 2. The fourth-order valence-corrected chi connectivity index (χ4v) is 2.59. The summed E-state index contributed by atoms with van der Waals surface area (Å²) in [6, 6.07) is 11.3. The SMILES string of the molecule is CCOc1ccccc1C(=O)O[C@@H](C)C(=O)Nc1cc(Cl)cc(Cl)c1. The van der Waals surface area contributed by atoms with Gasteiger partial charge in [0.15, 0.2) is 6.10 Å². The van der Waals surface area contributed by atoms with Gasteiger partial charge in [0.25, 0.3) is 5.91 Å². The maximum Gasteiger partial charge on any atom is 0.342 e. The summed E-state index contributed by atoms with van der Waals surface area (Å²) >= 11 is 11.8. The molecule has 0 unspecified atom stereocenters. The normalized spacial score (nSPS) is 11.5. The Bertz CT molecular complexity index is 759. The smallest absolute Gasteiger partial charge is 0.342 e. The molecule has 0 saturated heterocycles. The number of nitrogens with one attached hydrogen (secondary N) is 1. The van der Waals surface area contributed by atoms with E-state index in [4.69, 9.17) is 32.7 Å². The van der Waals surface area contributed by atoms with Crippen LogP contribution in [0.1, 0.15) is 24.2 Å². The number of hydrogen-bond donors (Lipinski definition) is 1. The molecule has 0 aromatic heterocycles. The molecule has 25 heavy (non-hydrogen) atoms. The zero-order valence-electron chi connectivity index (χ0n) is 13.7. The van der Waals surface area contributed by atoms with Gasteiger partial charge in [0.1, 0.15) is 11.3 Å². The Balaban J connectivity index is 2.04. The van der Waals surface area contributed by atoms with Crippen molar-refractivity contribution in [2.75, 3.05) is 11.9 Å². The number of carbonyl (C=O) groups is 2. The maximum atomic E-state index is 12.3. The monoisotopic (exact) mass is 381 g/mol. The Hall–Kier alpha value is -2.24. The predicted molar refractivity (Wildman–Crippen MR) is 97.6 cm³/mol. The van der Waals surface area contributed by atoms with Gasteiger partial charge < -0.3 is 14.8 Å². The zero-order chi connectivity index (χ0) is 18.4. The summed E-state index contributed by atoms with van der Waals surface area (Å²) < 4.78 is 10.6. The molecule has 0 radical (unpaired) electrons. The molecule has 0 bridgehead atoms. The molecule has 0 heterocycles. The fraction of sp³-hybridized carbons (Fsp3) is 0.222. The second-order valence-electron chi connectivity index (χ2n) is 5.12. The van der Waals surface area contributed by atoms with Crippen molar-refractivity contribution < 1.29 is 19.1 Å². The van der Waals surface area contributed by atoms with Crippen LogP contribution in [0, 0.1) is 0 Å². The molecule has 0 aliphatic carbocycles. The third-order valence-corrected chi connectivity index (χ3v) is 3.63. The minimum Gasteiger partial charge on any atom is -0.493 e. The molecule has 0 aliphatic rings. The van der Waals surface area contributed by atoms with Gasteiger partial charge in [-0.3, -0.25) is 4.79 Å². The van der Waals surface area contributed by atoms with Crippen LogP contribution in [0.15, 0.2) is 42.5 Å². The van der Waals surface area contributed by atoms with E-state index < -0.39 is 18.0 Å². The second-order valence-corrected chi connectivity index (χ2v) is 6.00. The molecular formula is C18H17Cl2NO4. The van der Waals surface area contributed by atoms with Gasteiger partial charge >= 0.3 is 5.97 Å². The van der Waals surface area contributed by atoms with Crippen molar-refractivity contribution in [3.05, 3.63) is 58.1 Å². The molecule has 0 spiro atoms. The highest BCUT2D eigenvalue weighted by Gasteiger charge is 2.21. The average molecular weight is 382 g/mol. The Labute approximate surface area is 155 Å². The Morgan fingerprint density at radius 3 is 2.40 bits per heavy atom. The highest BCUT2D eigenvalue weighted by Crippen LogP contribution is 2.23. The van der Waals surface area contributed by atoms with E-state index in [1.54, 1.807) is 42.5 Å². The highest BCUT2D eigenvalue weighted by atomic mass is 35.5. The molecule has 0 fully saturated rings. The number of para-hydroxylation sites is 1. The van der Waals surface area contributed by atoms with E-state index in [1.165, 1.54) is 6.92 Å². The summed E-state index contributed by atoms with van der Waals surface area (Å²) in [5.41, 5.74) is 0.676. The second kappa shape index (κ2) is 8.74. The molecule has 2 aromatic rings. The van der Waals surface area contributed by atoms with Crippen LogP contribution in [0.3, 0.4) is 0 Å². The Morgan fingerprint density at radius 1 is 1.12 bits per heavy atom. The van der Waals surface area contributed by atoms with Gasteiger partial charge in [-0.25, -0.2) is 4.79 Å². The topological polar surface area (TPSA) is 64.6 Å². The van der Waals surface area contributed by atoms with Crippen molar-refractivity contribution in [3.63, 3.8) is 0 Å². The summed E-state index contributed by atoms with van der Waals surface area (Å²) in [5, 5.41) is 3.38. The predicted octanol–water partition coefficient (Wildman–Crippen LogP) is 4.58. The number of esters is 1. The van der Waals surface area contributed by atoms with Crippen molar-refractivity contribution in [3.8, 4) is 5.75 Å². The van der Waals surface area contributed by atoms with E-state index in [1.807, 2.05) is 6.92 Å². The summed E-state index contributed by atoms with van der Waals surface area (Å²) in [6.07, 6.45) is -1.01. The molecule has 0 saturated carbocycles. The van der Waals surface area contributed by atoms with Gasteiger partial charge in [-0.2, -0.15) is 0 Å². The Kier molecular flexibility index (Phi) is 6.67. The molecule has 1 atom stereocenters. The van der Waals surface area contributed by atoms with Crippen LogP contribution in [0.4, 0.5) is 5.69 Å². The molecule has 2 rings (SSSR count). The van der Waals surface area contributed by atoms with Gasteiger partial charge in [0.05, 0.1) is 6.61 Å². The summed E-state index contributed by atoms with van der Waals surface area (Å²) in [7, 11) is 0. The van der Waals surface area contributed by atoms with Gasteiger partial charge in [0.2, 0.25) is 0 Å². The molecule has 1 amide bonds. The largest absolute Gasteiger partial charge is 0.493 e. The van der Waals surface area contributed by atoms with E-state index in [2.05, 4.69) is 5.32 Å². The number of benzene rings is 2. The molecule has 2 aromatic carbocycles. The number of ether oxygens (including phenoxy) is 2. The highest BCUT2D eigenvalue weighted by molar-refractivity contribution is 6.35. The van der Waals surface area contributed by atoms with Gasteiger partial charge in [-0.15, -0.1) is 0 Å². The first-order chi connectivity index (χ1) is 11.9. The number of carbonyl (C=O) groups excluding carboxylic acids is 2. The third kappa shape index (κ3) is 5.37. The van der Waals surface area contributed by atoms with E-state index in [0.717, 1.165) is 0 Å². The lowest BCUT2D eigenvalue weighted by molar-refractivity contribution is -0.123. The first kappa shape index (κ1) is 19.1. The maximum absolute atomic E-state index is 12.3. The van der Waals surface area contributed by atoms with Crippen LogP contribution < -0.4 is 10.1 Å². The van der Waals surface area contributed by atoms with Crippen LogP contribution >= 0.6 is 23.2 Å². The van der Waals surface area contributed by atoms with Gasteiger partial charge in [-0.05, 0) is 44.2 Å². The van der Waals surface area contributed by atoms with Gasteiger partial charge in [0, 0.05) is 15.7 Å². The van der Waals surface area contributed by atoms with Crippen molar-refractivity contribution in [2.45, 2.75) is 20.0 Å². The third-order valence-electron chi connectivity index (χ3n) is 3.19. The summed E-state index contributed by atoms with van der Waals surface area (Å²) in [4.78, 5) is 24.5. The Morgan fingerprint density at radius 2 is 1.76 bits per heavy atom. The molecule has 0 aliphatic heterocycles. The molecule has 132 valence electrons. The number of hydrogen-bond acceptors (Lipinski definition) is 4. The van der Waals surface area contributed by atoms with E-state index in [0.29, 0.717) is 28.1 Å². The minimum atomic E-state index is -1.01. The van der Waals surface area contributed by atoms with Crippen molar-refractivity contribution in [2.24, 2.45) is 0 Å². The van der Waals surface area contributed by atoms with Crippen LogP contribution in [-0.2, 0) is 9.53 Å². The molecule has 7 heteroatoms. The average Bonchev–Trinajstić information content (AvgIpc) is 2.54. The lowest BCUT2D eigenvalue weighted by Gasteiger charge is -2.15. The number of anilines is 1. The summed E-state index contributed by atoms with van der Waals surface area (Å²) in [6.45, 7) is 3.70. The first-order valence-corrected chi connectivity index (χ1v) is 8.36. The lowest BCUT2D eigenvalue weighted by Crippen LogP contribution is -2.30. The zero-order valence-corrected chi connectivity index (χ0v) is 15.2. The number of rotatable bonds is 6. The van der Waals surface area contributed by atoms with Crippen molar-refractivity contribution >= 4 is 40.8 Å². The minimum absolute atomic E-state index is 0.259. The lowest BCUT2D eigenvalue weighted by atomic mass is 10.2. The van der Waals surface area contributed by atoms with Gasteiger partial charge in [-0.1, -0.05) is 35.3 Å². The van der Waals surface area contributed by atoms with Crippen molar-refractivity contribution in [1.29, 1.82) is 0 Å². The van der Waals surface area contributed by atoms with Crippen LogP contribution in [-0.4, -0.2) is 24.6 Å². The van der Waals surface area contributed by atoms with E-state index in [9.17, 15) is 9.59 Å². The quantitative estimate of drug-likeness (QED) is 0.743. The van der Waals surface area contributed by atoms with E-state index in [-0.39, 0.29) is 5.56 Å². The first-order valence-electron chi connectivity index (χ1n) is 7.60. The van der Waals surface area contributed by atoms with Crippen LogP contribution in [0.5, 0.6) is 5.75 Å². The molecule has 1 N–H and O–H groups in total. The molecular weight excluding hydrogens is 365 g/mol. The van der Waals surface area contributed by atoms with Crippen molar-refractivity contribution in [1.82, 2.24) is 0 Å². The van der Waals surface area contributed by atoms with Crippen LogP contribution in [0.25, 0.3) is 0 Å². The standard InChI is InChI=1S/C18H17Cl2NO4/c1-3-24-16-7-5-4-6-15(16)18(23)25-11(2)17(22)21-14-9-12(19)8-13(20)10-14/h4-11H,3H2,1-2H3,(H,21,22)/t11-/m0/s1. The number of amides is 1.